The first-order chi connectivity index (χ1) is 12.2. The number of aromatic nitrogens is 2. The zero-order valence-corrected chi connectivity index (χ0v) is 13.9. The zero-order chi connectivity index (χ0) is 17.6. The quantitative estimate of drug-likeness (QED) is 0.686. The van der Waals surface area contributed by atoms with Gasteiger partial charge in [-0.1, -0.05) is 5.16 Å². The molecule has 128 valence electrons. The van der Waals surface area contributed by atoms with Crippen molar-refractivity contribution in [2.24, 2.45) is 0 Å². The van der Waals surface area contributed by atoms with Gasteiger partial charge < -0.3 is 19.3 Å². The van der Waals surface area contributed by atoms with Crippen LogP contribution in [0.4, 0.5) is 11.7 Å². The molecule has 0 aliphatic heterocycles. The predicted octanol–water partition coefficient (Wildman–Crippen LogP) is 3.67. The Morgan fingerprint density at radius 1 is 1.12 bits per heavy atom. The molecule has 3 aromatic rings. The Hall–Kier alpha value is -3.35. The van der Waals surface area contributed by atoms with Gasteiger partial charge in [0.2, 0.25) is 5.82 Å². The summed E-state index contributed by atoms with van der Waals surface area (Å²) in [7, 11) is 1.61. The fourth-order valence-electron chi connectivity index (χ4n) is 2.16. The maximum Gasteiger partial charge on any atom is 0.338 e. The molecule has 0 saturated heterocycles. The molecule has 1 heterocycles. The van der Waals surface area contributed by atoms with E-state index in [4.69, 9.17) is 14.0 Å². The van der Waals surface area contributed by atoms with Gasteiger partial charge in [-0.05, 0) is 55.5 Å². The Kier molecular flexibility index (Phi) is 4.94. The SMILES string of the molecule is CCOC(=O)c1ccc(Nc2nc(-c3ccc(OC)cc3)no2)cc1. The van der Waals surface area contributed by atoms with E-state index in [0.717, 1.165) is 17.0 Å². The lowest BCUT2D eigenvalue weighted by Crippen LogP contribution is -2.04. The summed E-state index contributed by atoms with van der Waals surface area (Å²) in [6, 6.07) is 14.4. The number of hydrogen-bond donors (Lipinski definition) is 1. The molecule has 0 unspecified atom stereocenters. The fourth-order valence-corrected chi connectivity index (χ4v) is 2.16. The molecule has 1 N–H and O–H groups in total. The third kappa shape index (κ3) is 3.95. The summed E-state index contributed by atoms with van der Waals surface area (Å²) in [4.78, 5) is 15.9. The molecule has 0 bridgehead atoms. The number of carbonyl (C=O) groups is 1. The Balaban J connectivity index is 1.69. The van der Waals surface area contributed by atoms with Crippen molar-refractivity contribution in [2.75, 3.05) is 19.0 Å². The van der Waals surface area contributed by atoms with Crippen LogP contribution in [0.15, 0.2) is 53.1 Å². The number of rotatable bonds is 6. The minimum absolute atomic E-state index is 0.259. The first kappa shape index (κ1) is 16.5. The Morgan fingerprint density at radius 2 is 1.84 bits per heavy atom. The summed E-state index contributed by atoms with van der Waals surface area (Å²) in [6.45, 7) is 2.11. The minimum atomic E-state index is -0.353. The molecule has 0 saturated carbocycles. The van der Waals surface area contributed by atoms with Gasteiger partial charge in [0.1, 0.15) is 5.75 Å². The third-order valence-corrected chi connectivity index (χ3v) is 3.42. The number of methoxy groups -OCH3 is 1. The van der Waals surface area contributed by atoms with Gasteiger partial charge in [-0.2, -0.15) is 4.98 Å². The van der Waals surface area contributed by atoms with Crippen LogP contribution >= 0.6 is 0 Å². The summed E-state index contributed by atoms with van der Waals surface area (Å²) in [5.41, 5.74) is 2.02. The maximum atomic E-state index is 11.6. The van der Waals surface area contributed by atoms with Crippen molar-refractivity contribution in [3.8, 4) is 17.1 Å². The number of esters is 1. The molecule has 0 fully saturated rings. The Labute approximate surface area is 144 Å². The van der Waals surface area contributed by atoms with E-state index in [-0.39, 0.29) is 12.0 Å². The lowest BCUT2D eigenvalue weighted by Gasteiger charge is -2.03. The highest BCUT2D eigenvalue weighted by atomic mass is 16.5. The van der Waals surface area contributed by atoms with Gasteiger partial charge in [-0.25, -0.2) is 4.79 Å². The van der Waals surface area contributed by atoms with Crippen LogP contribution < -0.4 is 10.1 Å². The van der Waals surface area contributed by atoms with Gasteiger partial charge in [-0.15, -0.1) is 0 Å². The monoisotopic (exact) mass is 339 g/mol. The molecule has 0 aliphatic carbocycles. The topological polar surface area (TPSA) is 86.5 Å². The van der Waals surface area contributed by atoms with Crippen molar-refractivity contribution >= 4 is 17.7 Å². The van der Waals surface area contributed by atoms with Crippen LogP contribution in [0.3, 0.4) is 0 Å². The maximum absolute atomic E-state index is 11.6. The van der Waals surface area contributed by atoms with Crippen molar-refractivity contribution < 1.29 is 18.8 Å². The Bertz CT molecular complexity index is 842. The van der Waals surface area contributed by atoms with Crippen LogP contribution in [0, 0.1) is 0 Å². The summed E-state index contributed by atoms with van der Waals surface area (Å²) < 4.78 is 15.3. The molecule has 0 aliphatic rings. The number of nitrogens with zero attached hydrogens (tertiary/aromatic N) is 2. The van der Waals surface area contributed by atoms with Crippen molar-refractivity contribution in [1.29, 1.82) is 0 Å². The standard InChI is InChI=1S/C18H17N3O4/c1-3-24-17(22)13-4-8-14(9-5-13)19-18-20-16(21-25-18)12-6-10-15(23-2)11-7-12/h4-11H,3H2,1-2H3,(H,19,20,21). The summed E-state index contributed by atoms with van der Waals surface area (Å²) in [5, 5.41) is 6.94. The smallest absolute Gasteiger partial charge is 0.338 e. The summed E-state index contributed by atoms with van der Waals surface area (Å²) in [5.74, 6) is 0.870. The molecule has 0 amide bonds. The van der Waals surface area contributed by atoms with Crippen molar-refractivity contribution in [1.82, 2.24) is 10.1 Å². The molecule has 1 aromatic heterocycles. The number of benzene rings is 2. The first-order valence-electron chi connectivity index (χ1n) is 7.72. The lowest BCUT2D eigenvalue weighted by molar-refractivity contribution is 0.0526. The number of hydrogen-bond acceptors (Lipinski definition) is 7. The van der Waals surface area contributed by atoms with E-state index < -0.39 is 0 Å². The van der Waals surface area contributed by atoms with Crippen molar-refractivity contribution in [3.05, 3.63) is 54.1 Å². The molecule has 0 atom stereocenters. The van der Waals surface area contributed by atoms with Crippen molar-refractivity contribution in [2.45, 2.75) is 6.92 Å². The van der Waals surface area contributed by atoms with Crippen LogP contribution in [0.5, 0.6) is 5.75 Å². The Morgan fingerprint density at radius 3 is 2.48 bits per heavy atom. The van der Waals surface area contributed by atoms with E-state index in [0.29, 0.717) is 18.0 Å². The number of carbonyl (C=O) groups excluding carboxylic acids is 1. The van der Waals surface area contributed by atoms with E-state index in [1.54, 1.807) is 38.3 Å². The molecule has 7 heteroatoms. The van der Waals surface area contributed by atoms with Crippen molar-refractivity contribution in [3.63, 3.8) is 0 Å². The molecule has 25 heavy (non-hydrogen) atoms. The molecule has 2 aromatic carbocycles. The van der Waals surface area contributed by atoms with Crippen LogP contribution in [-0.2, 0) is 4.74 Å². The van der Waals surface area contributed by atoms with E-state index >= 15 is 0 Å². The van der Waals surface area contributed by atoms with Crippen LogP contribution in [0.1, 0.15) is 17.3 Å². The van der Waals surface area contributed by atoms with Gasteiger partial charge in [-0.3, -0.25) is 0 Å². The van der Waals surface area contributed by atoms with Gasteiger partial charge in [0.15, 0.2) is 0 Å². The van der Waals surface area contributed by atoms with Crippen LogP contribution in [0.25, 0.3) is 11.4 Å². The summed E-state index contributed by atoms with van der Waals surface area (Å²) >= 11 is 0. The molecule has 7 nitrogen and oxygen atoms in total. The van der Waals surface area contributed by atoms with E-state index in [9.17, 15) is 4.79 Å². The highest BCUT2D eigenvalue weighted by Crippen LogP contribution is 2.22. The van der Waals surface area contributed by atoms with E-state index in [2.05, 4.69) is 15.5 Å². The van der Waals surface area contributed by atoms with E-state index in [1.165, 1.54) is 0 Å². The predicted molar refractivity (Wildman–Crippen MR) is 92.0 cm³/mol. The second kappa shape index (κ2) is 7.48. The molecule has 3 rings (SSSR count). The first-order valence-corrected chi connectivity index (χ1v) is 7.72. The summed E-state index contributed by atoms with van der Waals surface area (Å²) in [6.07, 6.45) is 0. The number of ether oxygens (including phenoxy) is 2. The molecule has 0 spiro atoms. The van der Waals surface area contributed by atoms with Crippen LogP contribution in [0.2, 0.25) is 0 Å². The lowest BCUT2D eigenvalue weighted by atomic mass is 10.2. The minimum Gasteiger partial charge on any atom is -0.497 e. The van der Waals surface area contributed by atoms with E-state index in [1.807, 2.05) is 24.3 Å². The average molecular weight is 339 g/mol. The number of nitrogens with one attached hydrogen (secondary N) is 1. The number of anilines is 2. The average Bonchev–Trinajstić information content (AvgIpc) is 3.11. The molecular formula is C18H17N3O4. The van der Waals surface area contributed by atoms with Gasteiger partial charge in [0, 0.05) is 11.3 Å². The van der Waals surface area contributed by atoms with Gasteiger partial charge >= 0.3 is 12.0 Å². The van der Waals surface area contributed by atoms with Gasteiger partial charge in [0.05, 0.1) is 19.3 Å². The second-order valence-electron chi connectivity index (χ2n) is 5.07. The highest BCUT2D eigenvalue weighted by molar-refractivity contribution is 5.89. The van der Waals surface area contributed by atoms with Gasteiger partial charge in [0.25, 0.3) is 0 Å². The third-order valence-electron chi connectivity index (χ3n) is 3.42. The molecule has 0 radical (unpaired) electrons. The second-order valence-corrected chi connectivity index (χ2v) is 5.07. The van der Waals surface area contributed by atoms with Crippen LogP contribution in [-0.4, -0.2) is 29.8 Å². The largest absolute Gasteiger partial charge is 0.497 e. The fraction of sp³-hybridized carbons (Fsp3) is 0.167. The molecular weight excluding hydrogens is 322 g/mol. The normalized spacial score (nSPS) is 10.3. The highest BCUT2D eigenvalue weighted by Gasteiger charge is 2.10. The zero-order valence-electron chi connectivity index (χ0n) is 13.9.